The van der Waals surface area contributed by atoms with Crippen LogP contribution < -0.4 is 14.8 Å². The molecule has 20 heavy (non-hydrogen) atoms. The summed E-state index contributed by atoms with van der Waals surface area (Å²) in [5.74, 6) is 1.45. The smallest absolute Gasteiger partial charge is 0.123 e. The molecule has 0 aliphatic rings. The Labute approximate surface area is 122 Å². The minimum absolute atomic E-state index is 0.174. The van der Waals surface area contributed by atoms with Crippen molar-refractivity contribution in [3.63, 3.8) is 0 Å². The first kappa shape index (κ1) is 16.8. The van der Waals surface area contributed by atoms with Gasteiger partial charge in [-0.05, 0) is 24.5 Å². The van der Waals surface area contributed by atoms with Crippen molar-refractivity contribution < 1.29 is 14.6 Å². The molecule has 0 aromatic heterocycles. The summed E-state index contributed by atoms with van der Waals surface area (Å²) in [7, 11) is 1.62. The van der Waals surface area contributed by atoms with Crippen molar-refractivity contribution in [3.05, 3.63) is 24.3 Å². The second-order valence-corrected chi connectivity index (χ2v) is 6.14. The van der Waals surface area contributed by atoms with Crippen LogP contribution in [0.4, 0.5) is 0 Å². The van der Waals surface area contributed by atoms with E-state index in [-0.39, 0.29) is 12.0 Å². The Hall–Kier alpha value is -1.26. The number of benzene rings is 1. The Bertz CT molecular complexity index is 401. The molecule has 0 spiro atoms. The van der Waals surface area contributed by atoms with Crippen LogP contribution in [0.25, 0.3) is 0 Å². The molecule has 1 aromatic carbocycles. The molecule has 0 radical (unpaired) electrons. The van der Waals surface area contributed by atoms with E-state index < -0.39 is 6.10 Å². The summed E-state index contributed by atoms with van der Waals surface area (Å²) in [4.78, 5) is 0. The van der Waals surface area contributed by atoms with Crippen LogP contribution in [0.15, 0.2) is 24.3 Å². The maximum absolute atomic E-state index is 9.93. The quantitative estimate of drug-likeness (QED) is 0.806. The highest BCUT2D eigenvalue weighted by Crippen LogP contribution is 2.19. The highest BCUT2D eigenvalue weighted by molar-refractivity contribution is 5.32. The standard InChI is InChI=1S/C16H27NO3/c1-12(16(2,3)4)17-10-13(18)11-20-15-8-6-7-14(9-15)19-5/h6-9,12-13,17-18H,10-11H2,1-5H3/t12-,13+/m1/s1. The fraction of sp³-hybridized carbons (Fsp3) is 0.625. The summed E-state index contributed by atoms with van der Waals surface area (Å²) < 4.78 is 10.7. The van der Waals surface area contributed by atoms with E-state index in [2.05, 4.69) is 33.0 Å². The van der Waals surface area contributed by atoms with Crippen molar-refractivity contribution in [1.29, 1.82) is 0 Å². The third kappa shape index (κ3) is 5.80. The van der Waals surface area contributed by atoms with Crippen molar-refractivity contribution in [2.45, 2.75) is 39.8 Å². The lowest BCUT2D eigenvalue weighted by molar-refractivity contribution is 0.0985. The summed E-state index contributed by atoms with van der Waals surface area (Å²) >= 11 is 0. The fourth-order valence-corrected chi connectivity index (χ4v) is 1.56. The van der Waals surface area contributed by atoms with Crippen LogP contribution in [-0.2, 0) is 0 Å². The van der Waals surface area contributed by atoms with E-state index in [4.69, 9.17) is 9.47 Å². The van der Waals surface area contributed by atoms with Crippen LogP contribution in [0.3, 0.4) is 0 Å². The van der Waals surface area contributed by atoms with Crippen LogP contribution in [0.5, 0.6) is 11.5 Å². The molecule has 0 saturated carbocycles. The molecule has 114 valence electrons. The van der Waals surface area contributed by atoms with Gasteiger partial charge in [0.25, 0.3) is 0 Å². The average molecular weight is 281 g/mol. The topological polar surface area (TPSA) is 50.7 Å². The maximum Gasteiger partial charge on any atom is 0.123 e. The molecular formula is C16H27NO3. The normalized spacial score (nSPS) is 14.7. The molecule has 1 aromatic rings. The second kappa shape index (κ2) is 7.50. The van der Waals surface area contributed by atoms with Gasteiger partial charge in [-0.3, -0.25) is 0 Å². The van der Waals surface area contributed by atoms with Gasteiger partial charge in [-0.1, -0.05) is 26.8 Å². The predicted molar refractivity (Wildman–Crippen MR) is 81.4 cm³/mol. The van der Waals surface area contributed by atoms with Crippen molar-refractivity contribution in [3.8, 4) is 11.5 Å². The van der Waals surface area contributed by atoms with Crippen molar-refractivity contribution in [1.82, 2.24) is 5.32 Å². The molecule has 0 heterocycles. The molecule has 2 N–H and O–H groups in total. The average Bonchev–Trinajstić information content (AvgIpc) is 2.41. The van der Waals surface area contributed by atoms with Gasteiger partial charge in [0.05, 0.1) is 7.11 Å². The van der Waals surface area contributed by atoms with Crippen molar-refractivity contribution in [2.24, 2.45) is 5.41 Å². The highest BCUT2D eigenvalue weighted by atomic mass is 16.5. The van der Waals surface area contributed by atoms with E-state index in [1.807, 2.05) is 18.2 Å². The molecule has 0 aliphatic carbocycles. The van der Waals surface area contributed by atoms with Crippen LogP contribution in [0.2, 0.25) is 0 Å². The molecule has 0 amide bonds. The second-order valence-electron chi connectivity index (χ2n) is 6.14. The minimum atomic E-state index is -0.536. The predicted octanol–water partition coefficient (Wildman–Crippen LogP) is 2.46. The summed E-state index contributed by atoms with van der Waals surface area (Å²) in [5.41, 5.74) is 0.174. The molecule has 0 unspecified atom stereocenters. The van der Waals surface area contributed by atoms with E-state index in [0.717, 1.165) is 5.75 Å². The third-order valence-corrected chi connectivity index (χ3v) is 3.44. The lowest BCUT2D eigenvalue weighted by Crippen LogP contribution is -2.42. The van der Waals surface area contributed by atoms with E-state index >= 15 is 0 Å². The Kier molecular flexibility index (Phi) is 6.30. The lowest BCUT2D eigenvalue weighted by Gasteiger charge is -2.29. The summed E-state index contributed by atoms with van der Waals surface area (Å²) in [6.45, 7) is 9.41. The highest BCUT2D eigenvalue weighted by Gasteiger charge is 2.20. The number of aliphatic hydroxyl groups excluding tert-OH is 1. The van der Waals surface area contributed by atoms with E-state index in [9.17, 15) is 5.11 Å². The Morgan fingerprint density at radius 1 is 1.25 bits per heavy atom. The number of methoxy groups -OCH3 is 1. The van der Waals surface area contributed by atoms with Gasteiger partial charge in [0.2, 0.25) is 0 Å². The van der Waals surface area contributed by atoms with Crippen molar-refractivity contribution in [2.75, 3.05) is 20.3 Å². The number of aliphatic hydroxyl groups is 1. The monoisotopic (exact) mass is 281 g/mol. The summed E-state index contributed by atoms with van der Waals surface area (Å²) in [6.07, 6.45) is -0.536. The van der Waals surface area contributed by atoms with Gasteiger partial charge in [0, 0.05) is 18.7 Å². The van der Waals surface area contributed by atoms with Crippen LogP contribution in [0, 0.1) is 5.41 Å². The SMILES string of the molecule is COc1cccc(OC[C@@H](O)CN[C@H](C)C(C)(C)C)c1. The van der Waals surface area contributed by atoms with E-state index in [0.29, 0.717) is 18.3 Å². The molecule has 0 bridgehead atoms. The summed E-state index contributed by atoms with van der Waals surface area (Å²) in [5, 5.41) is 13.3. The van der Waals surface area contributed by atoms with E-state index in [1.54, 1.807) is 13.2 Å². The van der Waals surface area contributed by atoms with Crippen LogP contribution in [0.1, 0.15) is 27.7 Å². The molecule has 0 saturated heterocycles. The Morgan fingerprint density at radius 3 is 2.50 bits per heavy atom. The minimum Gasteiger partial charge on any atom is -0.497 e. The zero-order valence-corrected chi connectivity index (χ0v) is 13.1. The molecule has 4 heteroatoms. The van der Waals surface area contributed by atoms with Gasteiger partial charge in [-0.2, -0.15) is 0 Å². The van der Waals surface area contributed by atoms with Crippen LogP contribution in [-0.4, -0.2) is 37.5 Å². The maximum atomic E-state index is 9.93. The Balaban J connectivity index is 2.34. The van der Waals surface area contributed by atoms with Gasteiger partial charge in [-0.15, -0.1) is 0 Å². The first-order chi connectivity index (χ1) is 9.32. The molecule has 0 aliphatic heterocycles. The fourth-order valence-electron chi connectivity index (χ4n) is 1.56. The number of rotatable bonds is 7. The first-order valence-electron chi connectivity index (χ1n) is 7.01. The van der Waals surface area contributed by atoms with Gasteiger partial charge in [0.1, 0.15) is 24.2 Å². The third-order valence-electron chi connectivity index (χ3n) is 3.44. The zero-order valence-electron chi connectivity index (χ0n) is 13.1. The number of nitrogens with one attached hydrogen (secondary N) is 1. The molecule has 0 fully saturated rings. The summed E-state index contributed by atoms with van der Waals surface area (Å²) in [6, 6.07) is 7.70. The van der Waals surface area contributed by atoms with E-state index in [1.165, 1.54) is 0 Å². The molecule has 1 rings (SSSR count). The lowest BCUT2D eigenvalue weighted by atomic mass is 9.88. The van der Waals surface area contributed by atoms with Gasteiger partial charge in [-0.25, -0.2) is 0 Å². The van der Waals surface area contributed by atoms with Crippen molar-refractivity contribution >= 4 is 0 Å². The zero-order chi connectivity index (χ0) is 15.2. The molecule has 4 nitrogen and oxygen atoms in total. The first-order valence-corrected chi connectivity index (χ1v) is 7.01. The number of ether oxygens (including phenoxy) is 2. The largest absolute Gasteiger partial charge is 0.497 e. The van der Waals surface area contributed by atoms with Crippen LogP contribution >= 0.6 is 0 Å². The molecular weight excluding hydrogens is 254 g/mol. The number of hydrogen-bond donors (Lipinski definition) is 2. The Morgan fingerprint density at radius 2 is 1.90 bits per heavy atom. The van der Waals surface area contributed by atoms with Gasteiger partial charge < -0.3 is 19.9 Å². The number of hydrogen-bond acceptors (Lipinski definition) is 4. The van der Waals surface area contributed by atoms with Gasteiger partial charge in [0.15, 0.2) is 0 Å². The van der Waals surface area contributed by atoms with Gasteiger partial charge >= 0.3 is 0 Å². The molecule has 2 atom stereocenters.